The van der Waals surface area contributed by atoms with Gasteiger partial charge in [0.15, 0.2) is 5.69 Å². The Balaban J connectivity index is 1.78. The Bertz CT molecular complexity index is 1810. The molecule has 2 aromatic carbocycles. The first-order valence-electron chi connectivity index (χ1n) is 10.6. The van der Waals surface area contributed by atoms with Gasteiger partial charge in [-0.15, -0.1) is 0 Å². The zero-order valence-electron chi connectivity index (χ0n) is 18.8. The molecule has 0 atom stereocenters. The summed E-state index contributed by atoms with van der Waals surface area (Å²) in [6.45, 7) is 0. The van der Waals surface area contributed by atoms with Gasteiger partial charge < -0.3 is 4.74 Å². The molecule has 0 saturated heterocycles. The molecule has 5 aromatic rings. The summed E-state index contributed by atoms with van der Waals surface area (Å²) in [6.07, 6.45) is 2.71. The molecule has 3 heterocycles. The standard InChI is InChI=1S/C25H19N3O6S2/c1-34-25(29)21-17-23-20(14-16-28(23)36(32,33)19-11-6-3-7-12-19)24(26-21)22-13-8-15-27(22)35(30,31)18-9-4-2-5-10-18/h2-17H,1H3. The van der Waals surface area contributed by atoms with Crippen molar-refractivity contribution < 1.29 is 26.4 Å². The molecule has 36 heavy (non-hydrogen) atoms. The van der Waals surface area contributed by atoms with Crippen LogP contribution in [0.1, 0.15) is 10.5 Å². The SMILES string of the molecule is COC(=O)c1cc2c(ccn2S(=O)(=O)c2ccccc2)c(-c2cccn2S(=O)(=O)c2ccccc2)n1. The van der Waals surface area contributed by atoms with Gasteiger partial charge in [0.1, 0.15) is 0 Å². The van der Waals surface area contributed by atoms with Crippen LogP contribution in [-0.4, -0.2) is 42.8 Å². The molecule has 0 aliphatic carbocycles. The third-order valence-corrected chi connectivity index (χ3v) is 9.01. The largest absolute Gasteiger partial charge is 0.464 e. The number of carbonyl (C=O) groups excluding carboxylic acids is 1. The van der Waals surface area contributed by atoms with Crippen LogP contribution in [0.25, 0.3) is 22.3 Å². The highest BCUT2D eigenvalue weighted by molar-refractivity contribution is 7.90. The second-order valence-corrected chi connectivity index (χ2v) is 11.3. The molecule has 0 amide bonds. The number of hydrogen-bond acceptors (Lipinski definition) is 7. The van der Waals surface area contributed by atoms with E-state index < -0.39 is 26.0 Å². The summed E-state index contributed by atoms with van der Waals surface area (Å²) in [6, 6.07) is 21.6. The lowest BCUT2D eigenvalue weighted by molar-refractivity contribution is 0.0594. The quantitative estimate of drug-likeness (QED) is 0.312. The fourth-order valence-corrected chi connectivity index (χ4v) is 6.62. The second-order valence-electron chi connectivity index (χ2n) is 7.72. The zero-order valence-corrected chi connectivity index (χ0v) is 20.5. The number of benzene rings is 2. The van der Waals surface area contributed by atoms with Gasteiger partial charge in [-0.3, -0.25) is 0 Å². The average molecular weight is 522 g/mol. The third-order valence-electron chi connectivity index (χ3n) is 5.60. The number of aromatic nitrogens is 3. The Morgan fingerprint density at radius 2 is 1.33 bits per heavy atom. The van der Waals surface area contributed by atoms with Crippen molar-refractivity contribution in [2.24, 2.45) is 0 Å². The van der Waals surface area contributed by atoms with E-state index in [1.807, 2.05) is 0 Å². The van der Waals surface area contributed by atoms with Crippen molar-refractivity contribution in [3.63, 3.8) is 0 Å². The summed E-state index contributed by atoms with van der Waals surface area (Å²) in [4.78, 5) is 17.0. The molecule has 11 heteroatoms. The molecular weight excluding hydrogens is 502 g/mol. The van der Waals surface area contributed by atoms with Gasteiger partial charge in [-0.1, -0.05) is 36.4 Å². The molecule has 0 radical (unpaired) electrons. The molecule has 0 N–H and O–H groups in total. The maximum atomic E-state index is 13.4. The predicted octanol–water partition coefficient (Wildman–Crippen LogP) is 3.77. The molecule has 9 nitrogen and oxygen atoms in total. The Kier molecular flexibility index (Phi) is 5.73. The maximum Gasteiger partial charge on any atom is 0.356 e. The third kappa shape index (κ3) is 3.78. The van der Waals surface area contributed by atoms with Crippen LogP contribution in [0.5, 0.6) is 0 Å². The number of hydrogen-bond donors (Lipinski definition) is 0. The van der Waals surface area contributed by atoms with Crippen LogP contribution in [-0.2, 0) is 24.8 Å². The molecule has 182 valence electrons. The Hall–Kier alpha value is -4.22. The fraction of sp³-hybridized carbons (Fsp3) is 0.0400. The van der Waals surface area contributed by atoms with Crippen LogP contribution in [0.15, 0.2) is 107 Å². The number of ether oxygens (including phenoxy) is 1. The molecule has 0 aliphatic rings. The summed E-state index contributed by atoms with van der Waals surface area (Å²) >= 11 is 0. The number of methoxy groups -OCH3 is 1. The van der Waals surface area contributed by atoms with E-state index in [2.05, 4.69) is 4.98 Å². The Morgan fingerprint density at radius 3 is 1.92 bits per heavy atom. The number of carbonyl (C=O) groups is 1. The van der Waals surface area contributed by atoms with Crippen molar-refractivity contribution in [3.05, 3.63) is 103 Å². The van der Waals surface area contributed by atoms with Crippen molar-refractivity contribution in [1.29, 1.82) is 0 Å². The van der Waals surface area contributed by atoms with Gasteiger partial charge >= 0.3 is 5.97 Å². The number of pyridine rings is 1. The van der Waals surface area contributed by atoms with Gasteiger partial charge in [0, 0.05) is 17.8 Å². The van der Waals surface area contributed by atoms with Crippen molar-refractivity contribution in [1.82, 2.24) is 12.9 Å². The minimum atomic E-state index is -4.03. The lowest BCUT2D eigenvalue weighted by atomic mass is 10.1. The highest BCUT2D eigenvalue weighted by atomic mass is 32.2. The molecule has 5 rings (SSSR count). The first-order valence-corrected chi connectivity index (χ1v) is 13.5. The minimum absolute atomic E-state index is 0.0514. The normalized spacial score (nSPS) is 12.0. The summed E-state index contributed by atoms with van der Waals surface area (Å²) < 4.78 is 60.5. The van der Waals surface area contributed by atoms with Crippen LogP contribution in [0.4, 0.5) is 0 Å². The van der Waals surface area contributed by atoms with Gasteiger partial charge in [-0.2, -0.15) is 0 Å². The first-order chi connectivity index (χ1) is 17.2. The lowest BCUT2D eigenvalue weighted by Crippen LogP contribution is -2.15. The summed E-state index contributed by atoms with van der Waals surface area (Å²) in [5.41, 5.74) is 0.242. The Labute approximate surface area is 207 Å². The summed E-state index contributed by atoms with van der Waals surface area (Å²) in [7, 11) is -6.86. The van der Waals surface area contributed by atoms with E-state index >= 15 is 0 Å². The van der Waals surface area contributed by atoms with E-state index in [0.29, 0.717) is 5.39 Å². The van der Waals surface area contributed by atoms with E-state index in [0.717, 1.165) is 7.94 Å². The highest BCUT2D eigenvalue weighted by Crippen LogP contribution is 2.33. The van der Waals surface area contributed by atoms with Gasteiger partial charge in [0.05, 0.1) is 33.8 Å². The molecule has 0 saturated carbocycles. The molecule has 0 aliphatic heterocycles. The minimum Gasteiger partial charge on any atom is -0.464 e. The van der Waals surface area contributed by atoms with Gasteiger partial charge in [-0.25, -0.2) is 34.6 Å². The van der Waals surface area contributed by atoms with E-state index in [1.165, 1.54) is 68.0 Å². The monoisotopic (exact) mass is 521 g/mol. The van der Waals surface area contributed by atoms with Crippen molar-refractivity contribution >= 4 is 36.9 Å². The van der Waals surface area contributed by atoms with Crippen LogP contribution < -0.4 is 0 Å². The molecular formula is C25H19N3O6S2. The smallest absolute Gasteiger partial charge is 0.356 e. The summed E-state index contributed by atoms with van der Waals surface area (Å²) in [5, 5.41) is 0.338. The fourth-order valence-electron chi connectivity index (χ4n) is 3.90. The Morgan fingerprint density at radius 1 is 0.750 bits per heavy atom. The maximum absolute atomic E-state index is 13.4. The van der Waals surface area contributed by atoms with Crippen LogP contribution in [0.3, 0.4) is 0 Å². The van der Waals surface area contributed by atoms with E-state index in [9.17, 15) is 21.6 Å². The lowest BCUT2D eigenvalue weighted by Gasteiger charge is -2.13. The van der Waals surface area contributed by atoms with Gasteiger partial charge in [-0.05, 0) is 48.5 Å². The van der Waals surface area contributed by atoms with E-state index in [4.69, 9.17) is 4.74 Å². The topological polar surface area (TPSA) is 117 Å². The van der Waals surface area contributed by atoms with E-state index in [-0.39, 0.29) is 32.4 Å². The van der Waals surface area contributed by atoms with Crippen LogP contribution >= 0.6 is 0 Å². The number of esters is 1. The van der Waals surface area contributed by atoms with Gasteiger partial charge in [0.25, 0.3) is 20.0 Å². The molecule has 0 bridgehead atoms. The first kappa shape index (κ1) is 23.5. The van der Waals surface area contributed by atoms with Crippen molar-refractivity contribution in [3.8, 4) is 11.4 Å². The van der Waals surface area contributed by atoms with Crippen molar-refractivity contribution in [2.75, 3.05) is 7.11 Å². The zero-order chi connectivity index (χ0) is 25.5. The second kappa shape index (κ2) is 8.77. The molecule has 3 aromatic heterocycles. The van der Waals surface area contributed by atoms with Crippen molar-refractivity contribution in [2.45, 2.75) is 9.79 Å². The summed E-state index contributed by atoms with van der Waals surface area (Å²) in [5.74, 6) is -0.799. The van der Waals surface area contributed by atoms with E-state index in [1.54, 1.807) is 36.4 Å². The molecule has 0 unspecified atom stereocenters. The number of rotatable bonds is 6. The van der Waals surface area contributed by atoms with Crippen LogP contribution in [0, 0.1) is 0 Å². The number of nitrogens with zero attached hydrogens (tertiary/aromatic N) is 3. The highest BCUT2D eigenvalue weighted by Gasteiger charge is 2.26. The molecule has 0 fully saturated rings. The predicted molar refractivity (Wildman–Crippen MR) is 133 cm³/mol. The average Bonchev–Trinajstić information content (AvgIpc) is 3.57. The molecule has 0 spiro atoms. The number of fused-ring (bicyclic) bond motifs is 1. The van der Waals surface area contributed by atoms with Crippen LogP contribution in [0.2, 0.25) is 0 Å². The van der Waals surface area contributed by atoms with Gasteiger partial charge in [0.2, 0.25) is 0 Å².